The Morgan fingerprint density at radius 2 is 2.10 bits per heavy atom. The van der Waals surface area contributed by atoms with E-state index in [2.05, 4.69) is 5.32 Å². The Morgan fingerprint density at radius 3 is 2.86 bits per heavy atom. The van der Waals surface area contributed by atoms with Crippen molar-refractivity contribution in [3.8, 4) is 17.2 Å². The van der Waals surface area contributed by atoms with Crippen LogP contribution < -0.4 is 19.5 Å². The molecule has 0 aromatic heterocycles. The van der Waals surface area contributed by atoms with E-state index in [-0.39, 0.29) is 18.1 Å². The number of carbonyl (C=O) groups is 1. The van der Waals surface area contributed by atoms with Gasteiger partial charge in [-0.25, -0.2) is 0 Å². The van der Waals surface area contributed by atoms with Crippen molar-refractivity contribution in [1.29, 1.82) is 0 Å². The third kappa shape index (κ3) is 5.02. The molecule has 114 valence electrons. The molecule has 0 spiro atoms. The van der Waals surface area contributed by atoms with E-state index >= 15 is 0 Å². The SMILES string of the molecule is CC(C)(C)C=CC(=O)NCCOc1ccc2c(c1)OCO2. The van der Waals surface area contributed by atoms with Gasteiger partial charge in [-0.2, -0.15) is 0 Å². The molecule has 1 aliphatic rings. The fourth-order valence-electron chi connectivity index (χ4n) is 1.69. The average Bonchev–Trinajstić information content (AvgIpc) is 2.88. The standard InChI is InChI=1S/C16H21NO4/c1-16(2,3)7-6-15(18)17-8-9-19-12-4-5-13-14(10-12)21-11-20-13/h4-7,10H,8-9,11H2,1-3H3,(H,17,18). The van der Waals surface area contributed by atoms with E-state index in [1.54, 1.807) is 12.1 Å². The largest absolute Gasteiger partial charge is 0.492 e. The zero-order chi connectivity index (χ0) is 15.3. The fourth-order valence-corrected chi connectivity index (χ4v) is 1.69. The first-order valence-corrected chi connectivity index (χ1v) is 6.93. The molecule has 0 radical (unpaired) electrons. The van der Waals surface area contributed by atoms with Crippen LogP contribution in [0.25, 0.3) is 0 Å². The molecule has 1 amide bonds. The Morgan fingerprint density at radius 1 is 1.33 bits per heavy atom. The van der Waals surface area contributed by atoms with Gasteiger partial charge in [0.05, 0.1) is 6.54 Å². The predicted octanol–water partition coefficient (Wildman–Crippen LogP) is 2.51. The Bertz CT molecular complexity index is 532. The molecule has 2 rings (SSSR count). The second kappa shape index (κ2) is 6.52. The number of nitrogens with one attached hydrogen (secondary N) is 1. The van der Waals surface area contributed by atoms with Gasteiger partial charge < -0.3 is 19.5 Å². The average molecular weight is 291 g/mol. The molecule has 1 aromatic carbocycles. The lowest BCUT2D eigenvalue weighted by Gasteiger charge is -2.11. The highest BCUT2D eigenvalue weighted by Gasteiger charge is 2.13. The zero-order valence-corrected chi connectivity index (χ0v) is 12.6. The molecule has 0 atom stereocenters. The fraction of sp³-hybridized carbons (Fsp3) is 0.438. The Kier molecular flexibility index (Phi) is 4.73. The number of amides is 1. The van der Waals surface area contributed by atoms with E-state index < -0.39 is 0 Å². The number of hydrogen-bond donors (Lipinski definition) is 1. The van der Waals surface area contributed by atoms with Crippen molar-refractivity contribution in [3.63, 3.8) is 0 Å². The molecule has 0 aliphatic carbocycles. The topological polar surface area (TPSA) is 56.8 Å². The van der Waals surface area contributed by atoms with E-state index in [1.165, 1.54) is 0 Å². The van der Waals surface area contributed by atoms with Crippen molar-refractivity contribution in [2.24, 2.45) is 5.41 Å². The first-order chi connectivity index (χ1) is 9.94. The summed E-state index contributed by atoms with van der Waals surface area (Å²) in [5.41, 5.74) is 0.000325. The molecule has 5 heteroatoms. The van der Waals surface area contributed by atoms with Gasteiger partial charge in [-0.05, 0) is 23.6 Å². The molecule has 0 saturated heterocycles. The van der Waals surface area contributed by atoms with Crippen molar-refractivity contribution in [2.75, 3.05) is 19.9 Å². The second-order valence-electron chi connectivity index (χ2n) is 5.85. The summed E-state index contributed by atoms with van der Waals surface area (Å²) in [5, 5.41) is 2.77. The van der Waals surface area contributed by atoms with Crippen LogP contribution in [0.2, 0.25) is 0 Å². The van der Waals surface area contributed by atoms with E-state index in [0.717, 1.165) is 5.75 Å². The number of fused-ring (bicyclic) bond motifs is 1. The number of ether oxygens (including phenoxy) is 3. The first kappa shape index (κ1) is 15.2. The van der Waals surface area contributed by atoms with Gasteiger partial charge in [0.1, 0.15) is 12.4 Å². The van der Waals surface area contributed by atoms with Gasteiger partial charge in [-0.15, -0.1) is 0 Å². The van der Waals surface area contributed by atoms with E-state index in [1.807, 2.05) is 39.0 Å². The normalized spacial score (nSPS) is 13.5. The maximum Gasteiger partial charge on any atom is 0.243 e. The summed E-state index contributed by atoms with van der Waals surface area (Å²) >= 11 is 0. The number of hydrogen-bond acceptors (Lipinski definition) is 4. The first-order valence-electron chi connectivity index (χ1n) is 6.93. The molecular weight excluding hydrogens is 270 g/mol. The molecule has 1 aromatic rings. The minimum absolute atomic E-state index is 0.000325. The van der Waals surface area contributed by atoms with Gasteiger partial charge in [-0.1, -0.05) is 26.8 Å². The van der Waals surface area contributed by atoms with Crippen LogP contribution in [0.1, 0.15) is 20.8 Å². The zero-order valence-electron chi connectivity index (χ0n) is 12.6. The molecule has 1 aliphatic heterocycles. The summed E-state index contributed by atoms with van der Waals surface area (Å²) in [6, 6.07) is 5.40. The monoisotopic (exact) mass is 291 g/mol. The van der Waals surface area contributed by atoms with Gasteiger partial charge >= 0.3 is 0 Å². The second-order valence-corrected chi connectivity index (χ2v) is 5.85. The van der Waals surface area contributed by atoms with Crippen LogP contribution in [-0.4, -0.2) is 25.9 Å². The Labute approximate surface area is 124 Å². The third-order valence-electron chi connectivity index (χ3n) is 2.75. The molecule has 1 heterocycles. The van der Waals surface area contributed by atoms with Crippen molar-refractivity contribution in [2.45, 2.75) is 20.8 Å². The minimum Gasteiger partial charge on any atom is -0.492 e. The summed E-state index contributed by atoms with van der Waals surface area (Å²) in [6.07, 6.45) is 3.43. The number of carbonyl (C=O) groups excluding carboxylic acids is 1. The summed E-state index contributed by atoms with van der Waals surface area (Å²) < 4.78 is 16.0. The van der Waals surface area contributed by atoms with Crippen molar-refractivity contribution in [1.82, 2.24) is 5.32 Å². The van der Waals surface area contributed by atoms with Crippen LogP contribution in [0.4, 0.5) is 0 Å². The van der Waals surface area contributed by atoms with Gasteiger partial charge in [0, 0.05) is 6.07 Å². The molecule has 1 N–H and O–H groups in total. The lowest BCUT2D eigenvalue weighted by Crippen LogP contribution is -2.26. The van der Waals surface area contributed by atoms with Crippen LogP contribution in [-0.2, 0) is 4.79 Å². The van der Waals surface area contributed by atoms with Crippen LogP contribution >= 0.6 is 0 Å². The summed E-state index contributed by atoms with van der Waals surface area (Å²) in [5.74, 6) is 1.99. The van der Waals surface area contributed by atoms with Crippen molar-refractivity contribution in [3.05, 3.63) is 30.4 Å². The highest BCUT2D eigenvalue weighted by atomic mass is 16.7. The van der Waals surface area contributed by atoms with Crippen molar-refractivity contribution < 1.29 is 19.0 Å². The minimum atomic E-state index is -0.112. The molecule has 0 fully saturated rings. The predicted molar refractivity (Wildman–Crippen MR) is 79.7 cm³/mol. The molecule has 5 nitrogen and oxygen atoms in total. The Hall–Kier alpha value is -2.17. The maximum absolute atomic E-state index is 11.6. The van der Waals surface area contributed by atoms with Gasteiger partial charge in [0.25, 0.3) is 0 Å². The number of allylic oxidation sites excluding steroid dienone is 1. The third-order valence-corrected chi connectivity index (χ3v) is 2.75. The lowest BCUT2D eigenvalue weighted by molar-refractivity contribution is -0.116. The van der Waals surface area contributed by atoms with Gasteiger partial charge in [-0.3, -0.25) is 4.79 Å². The van der Waals surface area contributed by atoms with E-state index in [4.69, 9.17) is 14.2 Å². The van der Waals surface area contributed by atoms with Gasteiger partial charge in [0.2, 0.25) is 12.7 Å². The smallest absolute Gasteiger partial charge is 0.243 e. The highest BCUT2D eigenvalue weighted by Crippen LogP contribution is 2.34. The molecular formula is C16H21NO4. The molecule has 0 unspecified atom stereocenters. The summed E-state index contributed by atoms with van der Waals surface area (Å²) in [7, 11) is 0. The molecule has 0 bridgehead atoms. The number of benzene rings is 1. The van der Waals surface area contributed by atoms with Crippen LogP contribution in [0.15, 0.2) is 30.4 Å². The van der Waals surface area contributed by atoms with Gasteiger partial charge in [0.15, 0.2) is 11.5 Å². The van der Waals surface area contributed by atoms with Crippen molar-refractivity contribution >= 4 is 5.91 Å². The molecule has 21 heavy (non-hydrogen) atoms. The lowest BCUT2D eigenvalue weighted by atomic mass is 9.96. The van der Waals surface area contributed by atoms with E-state index in [9.17, 15) is 4.79 Å². The van der Waals surface area contributed by atoms with Crippen LogP contribution in [0, 0.1) is 5.41 Å². The number of rotatable bonds is 5. The Balaban J connectivity index is 1.70. The molecule has 0 saturated carbocycles. The summed E-state index contributed by atoms with van der Waals surface area (Å²) in [6.45, 7) is 7.21. The maximum atomic E-state index is 11.6. The van der Waals surface area contributed by atoms with Crippen LogP contribution in [0.5, 0.6) is 17.2 Å². The van der Waals surface area contributed by atoms with Crippen LogP contribution in [0.3, 0.4) is 0 Å². The highest BCUT2D eigenvalue weighted by molar-refractivity contribution is 5.87. The van der Waals surface area contributed by atoms with E-state index in [0.29, 0.717) is 24.7 Å². The quantitative estimate of drug-likeness (QED) is 0.669. The summed E-state index contributed by atoms with van der Waals surface area (Å²) in [4.78, 5) is 11.6.